The lowest BCUT2D eigenvalue weighted by molar-refractivity contribution is 0.521. The molecule has 0 amide bonds. The minimum absolute atomic E-state index is 0.698. The second-order valence-electron chi connectivity index (χ2n) is 4.18. The molecule has 92 valence electrons. The zero-order valence-electron chi connectivity index (χ0n) is 10.2. The molecule has 0 unspecified atom stereocenters. The molecule has 0 saturated carbocycles. The highest BCUT2D eigenvalue weighted by Crippen LogP contribution is 2.05. The summed E-state index contributed by atoms with van der Waals surface area (Å²) in [4.78, 5) is 0. The Hall–Kier alpha value is -0.570. The Morgan fingerprint density at radius 1 is 1.19 bits per heavy atom. The van der Waals surface area contributed by atoms with Gasteiger partial charge in [0, 0.05) is 18.6 Å². The first-order valence-corrected chi connectivity index (χ1v) is 6.85. The molecule has 3 nitrogen and oxygen atoms in total. The smallest absolute Gasteiger partial charge is 0.0827 e. The van der Waals surface area contributed by atoms with Gasteiger partial charge >= 0.3 is 0 Å². The lowest BCUT2D eigenvalue weighted by atomic mass is 10.1. The average molecular weight is 244 g/mol. The van der Waals surface area contributed by atoms with Gasteiger partial charge in [0.25, 0.3) is 0 Å². The maximum atomic E-state index is 5.64. The molecular weight excluding hydrogens is 222 g/mol. The summed E-state index contributed by atoms with van der Waals surface area (Å²) in [6.45, 7) is 3.23. The van der Waals surface area contributed by atoms with E-state index in [1.54, 1.807) is 0 Å². The minimum atomic E-state index is 0.698. The van der Waals surface area contributed by atoms with Crippen LogP contribution in [0.1, 0.15) is 51.1 Å². The number of alkyl halides is 1. The minimum Gasteiger partial charge on any atom is -0.252 e. The van der Waals surface area contributed by atoms with Crippen LogP contribution >= 0.6 is 11.6 Å². The Bertz CT molecular complexity index is 273. The number of halogens is 1. The number of hydrogen-bond acceptors (Lipinski definition) is 2. The average Bonchev–Trinajstić information content (AvgIpc) is 2.74. The molecule has 0 atom stereocenters. The van der Waals surface area contributed by atoms with E-state index < -0.39 is 0 Å². The van der Waals surface area contributed by atoms with Crippen LogP contribution in [0.4, 0.5) is 0 Å². The summed E-state index contributed by atoms with van der Waals surface area (Å²) >= 11 is 5.64. The maximum Gasteiger partial charge on any atom is 0.0827 e. The SMILES string of the molecule is CCCCCCCn1cc(CCCCl)nn1. The van der Waals surface area contributed by atoms with Gasteiger partial charge in [-0.05, 0) is 19.3 Å². The topological polar surface area (TPSA) is 30.7 Å². The van der Waals surface area contributed by atoms with Gasteiger partial charge in [0.2, 0.25) is 0 Å². The molecule has 0 aliphatic heterocycles. The van der Waals surface area contributed by atoms with E-state index in [0.717, 1.165) is 25.1 Å². The van der Waals surface area contributed by atoms with E-state index in [-0.39, 0.29) is 0 Å². The van der Waals surface area contributed by atoms with E-state index in [1.807, 2.05) is 10.9 Å². The van der Waals surface area contributed by atoms with Gasteiger partial charge in [-0.15, -0.1) is 16.7 Å². The van der Waals surface area contributed by atoms with Crippen LogP contribution in [-0.2, 0) is 13.0 Å². The first-order chi connectivity index (χ1) is 7.86. The molecule has 1 rings (SSSR count). The summed E-state index contributed by atoms with van der Waals surface area (Å²) < 4.78 is 1.95. The Morgan fingerprint density at radius 2 is 2.00 bits per heavy atom. The van der Waals surface area contributed by atoms with E-state index in [0.29, 0.717) is 5.88 Å². The van der Waals surface area contributed by atoms with Crippen molar-refractivity contribution in [2.45, 2.75) is 58.4 Å². The second-order valence-corrected chi connectivity index (χ2v) is 4.56. The van der Waals surface area contributed by atoms with E-state index in [9.17, 15) is 0 Å². The van der Waals surface area contributed by atoms with Crippen molar-refractivity contribution in [3.05, 3.63) is 11.9 Å². The van der Waals surface area contributed by atoms with Crippen LogP contribution in [-0.4, -0.2) is 20.9 Å². The van der Waals surface area contributed by atoms with E-state index in [2.05, 4.69) is 17.2 Å². The van der Waals surface area contributed by atoms with Crippen LogP contribution in [0.2, 0.25) is 0 Å². The molecule has 0 aliphatic carbocycles. The fraction of sp³-hybridized carbons (Fsp3) is 0.833. The molecule has 0 saturated heterocycles. The third kappa shape index (κ3) is 5.50. The largest absolute Gasteiger partial charge is 0.252 e. The highest BCUT2D eigenvalue weighted by atomic mass is 35.5. The van der Waals surface area contributed by atoms with Crippen molar-refractivity contribution in [3.8, 4) is 0 Å². The van der Waals surface area contributed by atoms with E-state index >= 15 is 0 Å². The summed E-state index contributed by atoms with van der Waals surface area (Å²) in [6, 6.07) is 0. The number of hydrogen-bond donors (Lipinski definition) is 0. The number of rotatable bonds is 9. The van der Waals surface area contributed by atoms with Crippen molar-refractivity contribution >= 4 is 11.6 Å². The summed E-state index contributed by atoms with van der Waals surface area (Å²) in [5, 5.41) is 8.23. The standard InChI is InChI=1S/C12H22ClN3/c1-2-3-4-5-6-10-16-11-12(14-15-16)8-7-9-13/h11H,2-10H2,1H3. The number of aryl methyl sites for hydroxylation is 2. The van der Waals surface area contributed by atoms with Crippen molar-refractivity contribution < 1.29 is 0 Å². The molecule has 0 aromatic carbocycles. The molecule has 1 heterocycles. The van der Waals surface area contributed by atoms with Gasteiger partial charge in [0.05, 0.1) is 5.69 Å². The van der Waals surface area contributed by atoms with Gasteiger partial charge < -0.3 is 0 Å². The van der Waals surface area contributed by atoms with Crippen molar-refractivity contribution in [2.24, 2.45) is 0 Å². The molecular formula is C12H22ClN3. The first kappa shape index (κ1) is 13.5. The van der Waals surface area contributed by atoms with Gasteiger partial charge in [-0.2, -0.15) is 0 Å². The summed E-state index contributed by atoms with van der Waals surface area (Å²) in [5.74, 6) is 0.698. The molecule has 0 bridgehead atoms. The fourth-order valence-electron chi connectivity index (χ4n) is 1.69. The van der Waals surface area contributed by atoms with Crippen LogP contribution in [0.25, 0.3) is 0 Å². The summed E-state index contributed by atoms with van der Waals surface area (Å²) in [6.07, 6.45) is 10.5. The summed E-state index contributed by atoms with van der Waals surface area (Å²) in [5.41, 5.74) is 1.06. The van der Waals surface area contributed by atoms with Crippen LogP contribution in [0.5, 0.6) is 0 Å². The van der Waals surface area contributed by atoms with Crippen LogP contribution in [0, 0.1) is 0 Å². The molecule has 0 N–H and O–H groups in total. The van der Waals surface area contributed by atoms with Gasteiger partial charge in [0.15, 0.2) is 0 Å². The predicted octanol–water partition coefficient (Wildman–Crippen LogP) is 3.42. The second kappa shape index (κ2) is 8.57. The zero-order chi connectivity index (χ0) is 11.6. The van der Waals surface area contributed by atoms with Crippen LogP contribution in [0.15, 0.2) is 6.20 Å². The van der Waals surface area contributed by atoms with Crippen molar-refractivity contribution in [1.82, 2.24) is 15.0 Å². The monoisotopic (exact) mass is 243 g/mol. The zero-order valence-corrected chi connectivity index (χ0v) is 10.9. The quantitative estimate of drug-likeness (QED) is 0.492. The molecule has 0 spiro atoms. The Balaban J connectivity index is 2.14. The van der Waals surface area contributed by atoms with Gasteiger partial charge in [-0.25, -0.2) is 0 Å². The molecule has 0 radical (unpaired) electrons. The Morgan fingerprint density at radius 3 is 2.75 bits per heavy atom. The highest BCUT2D eigenvalue weighted by Gasteiger charge is 1.99. The number of aromatic nitrogens is 3. The molecule has 4 heteroatoms. The van der Waals surface area contributed by atoms with Gasteiger partial charge in [0.1, 0.15) is 0 Å². The molecule has 0 fully saturated rings. The molecule has 1 aromatic heterocycles. The fourth-order valence-corrected chi connectivity index (χ4v) is 1.82. The predicted molar refractivity (Wildman–Crippen MR) is 67.8 cm³/mol. The summed E-state index contributed by atoms with van der Waals surface area (Å²) in [7, 11) is 0. The maximum absolute atomic E-state index is 5.64. The Labute approximate surface area is 103 Å². The van der Waals surface area contributed by atoms with Gasteiger partial charge in [-0.1, -0.05) is 37.8 Å². The number of unbranched alkanes of at least 4 members (excludes halogenated alkanes) is 4. The Kier molecular flexibility index (Phi) is 7.23. The van der Waals surface area contributed by atoms with Crippen LogP contribution in [0.3, 0.4) is 0 Å². The molecule has 16 heavy (non-hydrogen) atoms. The first-order valence-electron chi connectivity index (χ1n) is 6.31. The van der Waals surface area contributed by atoms with Gasteiger partial charge in [-0.3, -0.25) is 4.68 Å². The lowest BCUT2D eigenvalue weighted by Crippen LogP contribution is -1.98. The molecule has 0 aliphatic rings. The van der Waals surface area contributed by atoms with E-state index in [4.69, 9.17) is 11.6 Å². The number of nitrogens with zero attached hydrogens (tertiary/aromatic N) is 3. The van der Waals surface area contributed by atoms with Crippen molar-refractivity contribution in [1.29, 1.82) is 0 Å². The normalized spacial score (nSPS) is 10.9. The highest BCUT2D eigenvalue weighted by molar-refractivity contribution is 6.17. The van der Waals surface area contributed by atoms with E-state index in [1.165, 1.54) is 32.1 Å². The molecule has 1 aromatic rings. The third-order valence-electron chi connectivity index (χ3n) is 2.64. The third-order valence-corrected chi connectivity index (χ3v) is 2.91. The van der Waals surface area contributed by atoms with Crippen LogP contribution < -0.4 is 0 Å². The lowest BCUT2D eigenvalue weighted by Gasteiger charge is -1.99. The van der Waals surface area contributed by atoms with Crippen molar-refractivity contribution in [3.63, 3.8) is 0 Å². The van der Waals surface area contributed by atoms with Crippen molar-refractivity contribution in [2.75, 3.05) is 5.88 Å².